The molecule has 0 aliphatic rings. The van der Waals surface area contributed by atoms with Gasteiger partial charge in [-0.3, -0.25) is 4.79 Å². The van der Waals surface area contributed by atoms with Crippen LogP contribution in [-0.2, 0) is 9.59 Å². The summed E-state index contributed by atoms with van der Waals surface area (Å²) < 4.78 is 0. The maximum atomic E-state index is 12.2. The van der Waals surface area contributed by atoms with Gasteiger partial charge in [0.05, 0.1) is 5.92 Å². The molecule has 0 aromatic heterocycles. The Labute approximate surface area is 116 Å². The van der Waals surface area contributed by atoms with Crippen LogP contribution in [-0.4, -0.2) is 27.4 Å². The quantitative estimate of drug-likeness (QED) is 0.784. The smallest absolute Gasteiger partial charge is 0.333 e. The van der Waals surface area contributed by atoms with Crippen LogP contribution in [0.1, 0.15) is 20.3 Å². The van der Waals surface area contributed by atoms with Crippen LogP contribution >= 0.6 is 11.8 Å². The van der Waals surface area contributed by atoms with E-state index in [1.54, 1.807) is 19.1 Å². The predicted octanol–water partition coefficient (Wildman–Crippen LogP) is 2.41. The van der Waals surface area contributed by atoms with E-state index in [2.05, 4.69) is 0 Å². The molecule has 4 nitrogen and oxygen atoms in total. The Morgan fingerprint density at radius 2 is 1.84 bits per heavy atom. The molecule has 0 bridgehead atoms. The van der Waals surface area contributed by atoms with Crippen molar-refractivity contribution >= 4 is 22.8 Å². The van der Waals surface area contributed by atoms with Gasteiger partial charge in [-0.1, -0.05) is 50.2 Å². The number of aliphatic hydroxyl groups excluding tert-OH is 1. The number of thioether (sulfide) groups is 1. The fourth-order valence-electron chi connectivity index (χ4n) is 1.75. The van der Waals surface area contributed by atoms with Crippen LogP contribution in [0.5, 0.6) is 0 Å². The minimum atomic E-state index is -1.65. The zero-order chi connectivity index (χ0) is 14.4. The minimum absolute atomic E-state index is 0.185. The normalized spacial score (nSPS) is 15.5. The molecule has 0 fully saturated rings. The molecule has 0 saturated heterocycles. The molecule has 0 spiro atoms. The second-order valence-electron chi connectivity index (χ2n) is 4.43. The van der Waals surface area contributed by atoms with Crippen LogP contribution in [0.2, 0.25) is 0 Å². The lowest BCUT2D eigenvalue weighted by atomic mass is 9.88. The third-order valence-corrected chi connectivity index (χ3v) is 4.07. The third-order valence-electron chi connectivity index (χ3n) is 3.08. The molecule has 5 heteroatoms. The molecule has 1 aromatic carbocycles. The molecule has 3 atom stereocenters. The highest BCUT2D eigenvalue weighted by molar-refractivity contribution is 8.13. The first kappa shape index (κ1) is 15.7. The van der Waals surface area contributed by atoms with Crippen molar-refractivity contribution < 1.29 is 19.8 Å². The van der Waals surface area contributed by atoms with Gasteiger partial charge in [0.2, 0.25) is 0 Å². The van der Waals surface area contributed by atoms with Gasteiger partial charge in [-0.15, -0.1) is 0 Å². The molecule has 0 aliphatic heterocycles. The van der Waals surface area contributed by atoms with E-state index in [0.29, 0.717) is 6.42 Å². The summed E-state index contributed by atoms with van der Waals surface area (Å²) in [6.45, 7) is 3.65. The molecule has 0 heterocycles. The summed E-state index contributed by atoms with van der Waals surface area (Å²) >= 11 is 0.979. The number of aliphatic hydroxyl groups is 1. The summed E-state index contributed by atoms with van der Waals surface area (Å²) in [5.74, 6) is -2.44. The zero-order valence-electron chi connectivity index (χ0n) is 10.9. The predicted molar refractivity (Wildman–Crippen MR) is 73.9 cm³/mol. The highest BCUT2D eigenvalue weighted by Gasteiger charge is 2.35. The number of aliphatic carboxylic acids is 1. The Morgan fingerprint density at radius 3 is 2.32 bits per heavy atom. The second-order valence-corrected chi connectivity index (χ2v) is 5.51. The summed E-state index contributed by atoms with van der Waals surface area (Å²) in [6.07, 6.45) is -1.02. The van der Waals surface area contributed by atoms with Gasteiger partial charge in [0.1, 0.15) is 0 Å². The monoisotopic (exact) mass is 282 g/mol. The van der Waals surface area contributed by atoms with E-state index < -0.39 is 18.0 Å². The van der Waals surface area contributed by atoms with Gasteiger partial charge in [-0.05, 0) is 18.1 Å². The molecule has 104 valence electrons. The number of carbonyl (C=O) groups is 2. The number of hydrogen-bond donors (Lipinski definition) is 2. The van der Waals surface area contributed by atoms with Crippen LogP contribution in [0.25, 0.3) is 0 Å². The van der Waals surface area contributed by atoms with Gasteiger partial charge in [-0.25, -0.2) is 4.79 Å². The van der Waals surface area contributed by atoms with Crippen molar-refractivity contribution in [1.29, 1.82) is 0 Å². The van der Waals surface area contributed by atoms with E-state index in [-0.39, 0.29) is 11.0 Å². The van der Waals surface area contributed by atoms with Crippen molar-refractivity contribution in [2.24, 2.45) is 11.8 Å². The number of carboxylic acid groups (broad SMARTS) is 1. The molecule has 0 saturated carbocycles. The van der Waals surface area contributed by atoms with Crippen molar-refractivity contribution in [3.8, 4) is 0 Å². The Hall–Kier alpha value is -1.33. The summed E-state index contributed by atoms with van der Waals surface area (Å²) in [5, 5.41) is 18.3. The van der Waals surface area contributed by atoms with E-state index in [1.807, 2.05) is 25.1 Å². The SMILES string of the molecule is CC[C@H](C)C(C(=O)Sc1ccccc1)[C@@H](O)C(=O)O. The Balaban J connectivity index is 2.86. The van der Waals surface area contributed by atoms with Crippen molar-refractivity contribution in [3.63, 3.8) is 0 Å². The molecule has 1 rings (SSSR count). The fraction of sp³-hybridized carbons (Fsp3) is 0.429. The lowest BCUT2D eigenvalue weighted by Crippen LogP contribution is -2.37. The molecule has 0 radical (unpaired) electrons. The average Bonchev–Trinajstić information content (AvgIpc) is 2.39. The zero-order valence-corrected chi connectivity index (χ0v) is 11.8. The second kappa shape index (κ2) is 7.31. The van der Waals surface area contributed by atoms with Gasteiger partial charge in [0, 0.05) is 4.90 Å². The van der Waals surface area contributed by atoms with Crippen molar-refractivity contribution in [3.05, 3.63) is 30.3 Å². The number of carboxylic acids is 1. The first-order valence-corrected chi connectivity index (χ1v) is 6.96. The topological polar surface area (TPSA) is 74.6 Å². The van der Waals surface area contributed by atoms with Crippen LogP contribution in [0.4, 0.5) is 0 Å². The first-order valence-electron chi connectivity index (χ1n) is 6.15. The summed E-state index contributed by atoms with van der Waals surface area (Å²) in [4.78, 5) is 23.9. The van der Waals surface area contributed by atoms with Crippen molar-refractivity contribution in [1.82, 2.24) is 0 Å². The van der Waals surface area contributed by atoms with Crippen molar-refractivity contribution in [2.45, 2.75) is 31.3 Å². The van der Waals surface area contributed by atoms with Crippen molar-refractivity contribution in [2.75, 3.05) is 0 Å². The maximum absolute atomic E-state index is 12.2. The number of benzene rings is 1. The molecule has 1 aromatic rings. The molecular formula is C14H18O4S. The van der Waals surface area contributed by atoms with Crippen LogP contribution in [0, 0.1) is 11.8 Å². The van der Waals surface area contributed by atoms with Gasteiger partial charge in [-0.2, -0.15) is 0 Å². The van der Waals surface area contributed by atoms with E-state index >= 15 is 0 Å². The van der Waals surface area contributed by atoms with Gasteiger partial charge in [0.25, 0.3) is 0 Å². The van der Waals surface area contributed by atoms with Gasteiger partial charge < -0.3 is 10.2 Å². The highest BCUT2D eigenvalue weighted by Crippen LogP contribution is 2.29. The molecular weight excluding hydrogens is 264 g/mol. The van der Waals surface area contributed by atoms with E-state index in [9.17, 15) is 14.7 Å². The molecule has 0 aliphatic carbocycles. The maximum Gasteiger partial charge on any atom is 0.333 e. The minimum Gasteiger partial charge on any atom is -0.479 e. The van der Waals surface area contributed by atoms with Gasteiger partial charge in [0.15, 0.2) is 11.2 Å². The van der Waals surface area contributed by atoms with Crippen LogP contribution < -0.4 is 0 Å². The number of hydrogen-bond acceptors (Lipinski definition) is 4. The Kier molecular flexibility index (Phi) is 6.05. The lowest BCUT2D eigenvalue weighted by molar-refractivity contribution is -0.153. The Bertz CT molecular complexity index is 432. The van der Waals surface area contributed by atoms with Gasteiger partial charge >= 0.3 is 5.97 Å². The largest absolute Gasteiger partial charge is 0.479 e. The van der Waals surface area contributed by atoms with Crippen LogP contribution in [0.3, 0.4) is 0 Å². The standard InChI is InChI=1S/C14H18O4S/c1-3-9(2)11(12(15)13(16)17)14(18)19-10-7-5-4-6-8-10/h4-9,11-12,15H,3H2,1-2H3,(H,16,17)/t9-,11?,12+/m0/s1. The van der Waals surface area contributed by atoms with E-state index in [1.165, 1.54) is 0 Å². The number of rotatable bonds is 6. The lowest BCUT2D eigenvalue weighted by Gasteiger charge is -2.23. The first-order chi connectivity index (χ1) is 8.97. The number of carbonyl (C=O) groups excluding carboxylic acids is 1. The average molecular weight is 282 g/mol. The molecule has 1 unspecified atom stereocenters. The summed E-state index contributed by atoms with van der Waals surface area (Å²) in [5.41, 5.74) is 0. The third kappa shape index (κ3) is 4.36. The van der Waals surface area contributed by atoms with Crippen LogP contribution in [0.15, 0.2) is 35.2 Å². The highest BCUT2D eigenvalue weighted by atomic mass is 32.2. The fourth-order valence-corrected chi connectivity index (χ4v) is 2.78. The molecule has 2 N–H and O–H groups in total. The summed E-state index contributed by atoms with van der Waals surface area (Å²) in [7, 11) is 0. The van der Waals surface area contributed by atoms with E-state index in [4.69, 9.17) is 5.11 Å². The Morgan fingerprint density at radius 1 is 1.26 bits per heavy atom. The summed E-state index contributed by atoms with van der Waals surface area (Å²) in [6, 6.07) is 9.02. The molecule has 0 amide bonds. The molecule has 19 heavy (non-hydrogen) atoms. The van der Waals surface area contributed by atoms with E-state index in [0.717, 1.165) is 16.7 Å².